The maximum absolute atomic E-state index is 6.40. The van der Waals surface area contributed by atoms with E-state index in [1.54, 1.807) is 0 Å². The lowest BCUT2D eigenvalue weighted by Crippen LogP contribution is -2.47. The summed E-state index contributed by atoms with van der Waals surface area (Å²) in [5.41, 5.74) is 5.94. The molecule has 0 radical (unpaired) electrons. The summed E-state index contributed by atoms with van der Waals surface area (Å²) in [6.45, 7) is 4.96. The summed E-state index contributed by atoms with van der Waals surface area (Å²) in [6, 6.07) is 0. The minimum absolute atomic E-state index is 0.0281. The lowest BCUT2D eigenvalue weighted by atomic mass is 9.84. The number of ether oxygens (including phenoxy) is 2. The van der Waals surface area contributed by atoms with Gasteiger partial charge in [0.25, 0.3) is 0 Å². The van der Waals surface area contributed by atoms with Crippen molar-refractivity contribution in [3.63, 3.8) is 0 Å². The highest BCUT2D eigenvalue weighted by atomic mass is 16.5. The van der Waals surface area contributed by atoms with Crippen molar-refractivity contribution in [1.29, 1.82) is 0 Å². The van der Waals surface area contributed by atoms with Crippen LogP contribution in [0.5, 0.6) is 0 Å². The van der Waals surface area contributed by atoms with Gasteiger partial charge in [-0.05, 0) is 39.5 Å². The number of rotatable bonds is 3. The second-order valence-corrected chi connectivity index (χ2v) is 5.92. The molecule has 0 aromatic heterocycles. The third-order valence-electron chi connectivity index (χ3n) is 4.21. The Kier molecular flexibility index (Phi) is 4.45. The Hall–Kier alpha value is -0.120. The summed E-state index contributed by atoms with van der Waals surface area (Å²) in [5, 5.41) is 0. The highest BCUT2D eigenvalue weighted by Crippen LogP contribution is 2.34. The largest absolute Gasteiger partial charge is 0.375 e. The minimum atomic E-state index is -0.0281. The SMILES string of the molecule is CC1CC(OC2(CN)CCCCC2)CC(C)O1. The predicted molar refractivity (Wildman–Crippen MR) is 69.0 cm³/mol. The molecule has 2 fully saturated rings. The Morgan fingerprint density at radius 1 is 1.12 bits per heavy atom. The zero-order valence-electron chi connectivity index (χ0n) is 11.3. The molecule has 0 aromatic carbocycles. The molecule has 2 unspecified atom stereocenters. The van der Waals surface area contributed by atoms with Gasteiger partial charge in [0.2, 0.25) is 0 Å². The summed E-state index contributed by atoms with van der Waals surface area (Å²) in [4.78, 5) is 0. The molecule has 2 atom stereocenters. The molecule has 1 aliphatic carbocycles. The first-order valence-electron chi connectivity index (χ1n) is 7.17. The molecular formula is C14H27NO2. The Bertz CT molecular complexity index is 228. The molecule has 0 amide bonds. The molecule has 3 heteroatoms. The van der Waals surface area contributed by atoms with E-state index in [1.165, 1.54) is 19.3 Å². The molecule has 0 bridgehead atoms. The molecule has 1 heterocycles. The Morgan fingerprint density at radius 3 is 2.24 bits per heavy atom. The van der Waals surface area contributed by atoms with Gasteiger partial charge in [0.15, 0.2) is 0 Å². The quantitative estimate of drug-likeness (QED) is 0.826. The summed E-state index contributed by atoms with van der Waals surface area (Å²) < 4.78 is 12.2. The second kappa shape index (κ2) is 5.68. The van der Waals surface area contributed by atoms with E-state index in [4.69, 9.17) is 15.2 Å². The third-order valence-corrected chi connectivity index (χ3v) is 4.21. The fourth-order valence-corrected chi connectivity index (χ4v) is 3.36. The molecule has 1 saturated heterocycles. The van der Waals surface area contributed by atoms with Crippen LogP contribution in [0.3, 0.4) is 0 Å². The van der Waals surface area contributed by atoms with Crippen molar-refractivity contribution in [2.75, 3.05) is 6.54 Å². The first-order valence-corrected chi connectivity index (χ1v) is 7.17. The zero-order chi connectivity index (χ0) is 12.3. The van der Waals surface area contributed by atoms with E-state index in [9.17, 15) is 0 Å². The summed E-state index contributed by atoms with van der Waals surface area (Å²) in [5.74, 6) is 0. The lowest BCUT2D eigenvalue weighted by Gasteiger charge is -2.42. The van der Waals surface area contributed by atoms with E-state index in [1.807, 2.05) is 0 Å². The van der Waals surface area contributed by atoms with Crippen molar-refractivity contribution in [2.45, 2.75) is 82.7 Å². The van der Waals surface area contributed by atoms with Gasteiger partial charge in [-0.25, -0.2) is 0 Å². The van der Waals surface area contributed by atoms with Crippen LogP contribution in [0.15, 0.2) is 0 Å². The summed E-state index contributed by atoms with van der Waals surface area (Å²) >= 11 is 0. The Labute approximate surface area is 105 Å². The van der Waals surface area contributed by atoms with Gasteiger partial charge < -0.3 is 15.2 Å². The van der Waals surface area contributed by atoms with E-state index in [0.717, 1.165) is 25.7 Å². The molecule has 2 N–H and O–H groups in total. The minimum Gasteiger partial charge on any atom is -0.375 e. The molecule has 3 nitrogen and oxygen atoms in total. The van der Waals surface area contributed by atoms with Crippen LogP contribution in [0.1, 0.15) is 58.8 Å². The zero-order valence-corrected chi connectivity index (χ0v) is 11.3. The summed E-state index contributed by atoms with van der Waals surface area (Å²) in [7, 11) is 0. The molecule has 0 spiro atoms. The molecule has 2 aliphatic rings. The first kappa shape index (κ1) is 13.3. The van der Waals surface area contributed by atoms with Crippen LogP contribution in [0.25, 0.3) is 0 Å². The maximum Gasteiger partial charge on any atom is 0.0807 e. The Morgan fingerprint density at radius 2 is 1.71 bits per heavy atom. The first-order chi connectivity index (χ1) is 8.13. The van der Waals surface area contributed by atoms with Crippen LogP contribution in [0, 0.1) is 0 Å². The van der Waals surface area contributed by atoms with E-state index < -0.39 is 0 Å². The fraction of sp³-hybridized carbons (Fsp3) is 1.00. The monoisotopic (exact) mass is 241 g/mol. The molecular weight excluding hydrogens is 214 g/mol. The number of nitrogens with two attached hydrogens (primary N) is 1. The fourth-order valence-electron chi connectivity index (χ4n) is 3.36. The van der Waals surface area contributed by atoms with Gasteiger partial charge in [-0.15, -0.1) is 0 Å². The van der Waals surface area contributed by atoms with Gasteiger partial charge in [-0.3, -0.25) is 0 Å². The van der Waals surface area contributed by atoms with E-state index in [-0.39, 0.29) is 5.60 Å². The second-order valence-electron chi connectivity index (χ2n) is 5.92. The van der Waals surface area contributed by atoms with Gasteiger partial charge >= 0.3 is 0 Å². The molecule has 2 rings (SSSR count). The number of hydrogen-bond acceptors (Lipinski definition) is 3. The van der Waals surface area contributed by atoms with Crippen molar-refractivity contribution in [3.05, 3.63) is 0 Å². The van der Waals surface area contributed by atoms with Crippen LogP contribution in [0.4, 0.5) is 0 Å². The normalized spacial score (nSPS) is 37.9. The number of hydrogen-bond donors (Lipinski definition) is 1. The average Bonchev–Trinajstić information content (AvgIpc) is 2.29. The Balaban J connectivity index is 1.93. The smallest absolute Gasteiger partial charge is 0.0807 e. The highest BCUT2D eigenvalue weighted by molar-refractivity contribution is 4.88. The van der Waals surface area contributed by atoms with Crippen molar-refractivity contribution in [3.8, 4) is 0 Å². The third kappa shape index (κ3) is 3.43. The van der Waals surface area contributed by atoms with Crippen LogP contribution in [0.2, 0.25) is 0 Å². The highest BCUT2D eigenvalue weighted by Gasteiger charge is 2.36. The van der Waals surface area contributed by atoms with Crippen LogP contribution in [-0.4, -0.2) is 30.5 Å². The average molecular weight is 241 g/mol. The van der Waals surface area contributed by atoms with E-state index in [0.29, 0.717) is 24.9 Å². The van der Waals surface area contributed by atoms with Gasteiger partial charge in [0.05, 0.1) is 23.9 Å². The molecule has 0 aromatic rings. The maximum atomic E-state index is 6.40. The molecule has 100 valence electrons. The van der Waals surface area contributed by atoms with Gasteiger partial charge in [-0.1, -0.05) is 19.3 Å². The molecule has 17 heavy (non-hydrogen) atoms. The van der Waals surface area contributed by atoms with Crippen molar-refractivity contribution in [2.24, 2.45) is 5.73 Å². The molecule has 1 saturated carbocycles. The van der Waals surface area contributed by atoms with Gasteiger partial charge in [0.1, 0.15) is 0 Å². The van der Waals surface area contributed by atoms with E-state index in [2.05, 4.69) is 13.8 Å². The lowest BCUT2D eigenvalue weighted by molar-refractivity contribution is -0.164. The predicted octanol–water partition coefficient (Wildman–Crippen LogP) is 2.62. The van der Waals surface area contributed by atoms with Crippen LogP contribution >= 0.6 is 0 Å². The van der Waals surface area contributed by atoms with Gasteiger partial charge in [-0.2, -0.15) is 0 Å². The standard InChI is InChI=1S/C14H27NO2/c1-11-8-13(9-12(2)16-11)17-14(10-15)6-4-3-5-7-14/h11-13H,3-10,15H2,1-2H3. The van der Waals surface area contributed by atoms with Crippen LogP contribution < -0.4 is 5.73 Å². The summed E-state index contributed by atoms with van der Waals surface area (Å²) in [6.07, 6.45) is 9.19. The van der Waals surface area contributed by atoms with Crippen molar-refractivity contribution in [1.82, 2.24) is 0 Å². The van der Waals surface area contributed by atoms with E-state index >= 15 is 0 Å². The van der Waals surface area contributed by atoms with Crippen molar-refractivity contribution >= 4 is 0 Å². The van der Waals surface area contributed by atoms with Crippen LogP contribution in [-0.2, 0) is 9.47 Å². The van der Waals surface area contributed by atoms with Gasteiger partial charge in [0, 0.05) is 6.54 Å². The molecule has 1 aliphatic heterocycles. The topological polar surface area (TPSA) is 44.5 Å². The van der Waals surface area contributed by atoms with Crippen molar-refractivity contribution < 1.29 is 9.47 Å².